The second-order valence-electron chi connectivity index (χ2n) is 6.17. The summed E-state index contributed by atoms with van der Waals surface area (Å²) >= 11 is 0. The van der Waals surface area contributed by atoms with Gasteiger partial charge >= 0.3 is 6.18 Å². The zero-order chi connectivity index (χ0) is 20.3. The summed E-state index contributed by atoms with van der Waals surface area (Å²) in [6.45, 7) is 3.74. The van der Waals surface area contributed by atoms with Gasteiger partial charge in [0.2, 0.25) is 5.91 Å². The Labute approximate surface area is 160 Å². The van der Waals surface area contributed by atoms with Gasteiger partial charge in [-0.3, -0.25) is 9.78 Å². The number of aromatic nitrogens is 1. The quantitative estimate of drug-likeness (QED) is 0.641. The number of amides is 1. The average molecular weight is 385 g/mol. The van der Waals surface area contributed by atoms with Gasteiger partial charge in [-0.05, 0) is 48.0 Å². The zero-order valence-corrected chi connectivity index (χ0v) is 15.1. The largest absolute Gasteiger partial charge is 0.416 e. The number of alkyl halides is 3. The number of rotatable bonds is 5. The molecule has 4 nitrogen and oxygen atoms in total. The fourth-order valence-corrected chi connectivity index (χ4v) is 2.91. The predicted octanol–water partition coefficient (Wildman–Crippen LogP) is 4.82. The molecule has 0 bridgehead atoms. The van der Waals surface area contributed by atoms with E-state index in [0.717, 1.165) is 28.8 Å². The van der Waals surface area contributed by atoms with E-state index in [2.05, 4.69) is 16.9 Å². The van der Waals surface area contributed by atoms with Crippen LogP contribution >= 0.6 is 0 Å². The molecular formula is C21H18F3N3O. The van der Waals surface area contributed by atoms with Crippen LogP contribution in [0, 0.1) is 0 Å². The number of hydrogen-bond donors (Lipinski definition) is 1. The SMILES string of the molecule is C=CC(=O)NCc1ccc(N(C)c2ccc(C(F)(F)F)cc2)c2ncccc12. The summed E-state index contributed by atoms with van der Waals surface area (Å²) in [5.41, 5.74) is 2.22. The molecule has 0 unspecified atom stereocenters. The summed E-state index contributed by atoms with van der Waals surface area (Å²) in [5.74, 6) is -0.275. The van der Waals surface area contributed by atoms with Crippen LogP contribution in [0.4, 0.5) is 24.5 Å². The third kappa shape index (κ3) is 3.98. The van der Waals surface area contributed by atoms with E-state index in [0.29, 0.717) is 17.7 Å². The van der Waals surface area contributed by atoms with Gasteiger partial charge in [0.25, 0.3) is 0 Å². The minimum Gasteiger partial charge on any atom is -0.348 e. The molecule has 3 aromatic rings. The molecule has 0 saturated heterocycles. The number of carbonyl (C=O) groups excluding carboxylic acids is 1. The molecule has 0 aliphatic heterocycles. The topological polar surface area (TPSA) is 45.2 Å². The van der Waals surface area contributed by atoms with Crippen molar-refractivity contribution in [2.75, 3.05) is 11.9 Å². The van der Waals surface area contributed by atoms with Gasteiger partial charge in [0, 0.05) is 30.9 Å². The maximum atomic E-state index is 12.8. The molecular weight excluding hydrogens is 367 g/mol. The van der Waals surface area contributed by atoms with Crippen molar-refractivity contribution in [2.45, 2.75) is 12.7 Å². The number of halogens is 3. The van der Waals surface area contributed by atoms with Crippen molar-refractivity contribution in [2.24, 2.45) is 0 Å². The summed E-state index contributed by atoms with van der Waals surface area (Å²) in [6.07, 6.45) is -1.52. The van der Waals surface area contributed by atoms with Crippen LogP contribution in [0.2, 0.25) is 0 Å². The van der Waals surface area contributed by atoms with Crippen LogP contribution in [-0.4, -0.2) is 17.9 Å². The summed E-state index contributed by atoms with van der Waals surface area (Å²) in [6, 6.07) is 12.4. The molecule has 0 aliphatic carbocycles. The monoisotopic (exact) mass is 385 g/mol. The minimum absolute atomic E-state index is 0.275. The molecule has 28 heavy (non-hydrogen) atoms. The number of nitrogens with zero attached hydrogens (tertiary/aromatic N) is 2. The van der Waals surface area contributed by atoms with Crippen LogP contribution in [0.5, 0.6) is 0 Å². The normalized spacial score (nSPS) is 11.3. The molecule has 144 valence electrons. The van der Waals surface area contributed by atoms with E-state index in [1.165, 1.54) is 18.2 Å². The number of benzene rings is 2. The third-order valence-corrected chi connectivity index (χ3v) is 4.42. The molecule has 3 rings (SSSR count). The Morgan fingerprint density at radius 2 is 1.89 bits per heavy atom. The van der Waals surface area contributed by atoms with E-state index < -0.39 is 11.7 Å². The number of pyridine rings is 1. The maximum Gasteiger partial charge on any atom is 0.416 e. The Kier molecular flexibility index (Phi) is 5.35. The van der Waals surface area contributed by atoms with Crippen molar-refractivity contribution in [1.82, 2.24) is 10.3 Å². The first-order chi connectivity index (χ1) is 13.3. The van der Waals surface area contributed by atoms with Gasteiger partial charge < -0.3 is 10.2 Å². The molecule has 0 radical (unpaired) electrons. The van der Waals surface area contributed by atoms with E-state index >= 15 is 0 Å². The van der Waals surface area contributed by atoms with Crippen LogP contribution in [0.1, 0.15) is 11.1 Å². The molecule has 0 atom stereocenters. The van der Waals surface area contributed by atoms with Gasteiger partial charge in [-0.25, -0.2) is 0 Å². The number of nitrogens with one attached hydrogen (secondary N) is 1. The Morgan fingerprint density at radius 1 is 1.18 bits per heavy atom. The van der Waals surface area contributed by atoms with E-state index in [9.17, 15) is 18.0 Å². The first-order valence-electron chi connectivity index (χ1n) is 8.49. The molecule has 1 aromatic heterocycles. The molecule has 1 amide bonds. The van der Waals surface area contributed by atoms with Gasteiger partial charge in [0.15, 0.2) is 0 Å². The standard InChI is InChI=1S/C21H18F3N3O/c1-3-19(28)26-13-14-6-11-18(20-17(14)5-4-12-25-20)27(2)16-9-7-15(8-10-16)21(22,23)24/h3-12H,1,13H2,2H3,(H,26,28). The lowest BCUT2D eigenvalue weighted by molar-refractivity contribution is -0.137. The van der Waals surface area contributed by atoms with Crippen LogP contribution in [0.15, 0.2) is 67.4 Å². The molecule has 0 saturated carbocycles. The molecule has 2 aromatic carbocycles. The second kappa shape index (κ2) is 7.72. The molecule has 0 fully saturated rings. The predicted molar refractivity (Wildman–Crippen MR) is 103 cm³/mol. The number of hydrogen-bond acceptors (Lipinski definition) is 3. The molecule has 0 aliphatic rings. The Balaban J connectivity index is 1.97. The van der Waals surface area contributed by atoms with E-state index in [1.807, 2.05) is 18.2 Å². The van der Waals surface area contributed by atoms with E-state index in [4.69, 9.17) is 0 Å². The van der Waals surface area contributed by atoms with Crippen LogP contribution in [-0.2, 0) is 17.5 Å². The Bertz CT molecular complexity index is 1010. The van der Waals surface area contributed by atoms with Crippen molar-refractivity contribution in [3.8, 4) is 0 Å². The zero-order valence-electron chi connectivity index (χ0n) is 15.1. The van der Waals surface area contributed by atoms with Crippen molar-refractivity contribution in [1.29, 1.82) is 0 Å². The highest BCUT2D eigenvalue weighted by molar-refractivity contribution is 5.95. The molecule has 7 heteroatoms. The van der Waals surface area contributed by atoms with Gasteiger partial charge in [0.1, 0.15) is 0 Å². The van der Waals surface area contributed by atoms with Crippen molar-refractivity contribution in [3.05, 3.63) is 78.5 Å². The lowest BCUT2D eigenvalue weighted by atomic mass is 10.1. The van der Waals surface area contributed by atoms with Gasteiger partial charge in [-0.2, -0.15) is 13.2 Å². The average Bonchev–Trinajstić information content (AvgIpc) is 2.70. The molecule has 0 spiro atoms. The minimum atomic E-state index is -4.37. The maximum absolute atomic E-state index is 12.8. The Hall–Kier alpha value is -3.35. The van der Waals surface area contributed by atoms with Crippen molar-refractivity contribution in [3.63, 3.8) is 0 Å². The first-order valence-corrected chi connectivity index (χ1v) is 8.49. The summed E-state index contributed by atoms with van der Waals surface area (Å²) in [4.78, 5) is 17.7. The number of fused-ring (bicyclic) bond motifs is 1. The fourth-order valence-electron chi connectivity index (χ4n) is 2.91. The van der Waals surface area contributed by atoms with Crippen LogP contribution in [0.3, 0.4) is 0 Å². The van der Waals surface area contributed by atoms with Gasteiger partial charge in [0.05, 0.1) is 16.8 Å². The van der Waals surface area contributed by atoms with Crippen molar-refractivity contribution >= 4 is 28.2 Å². The number of anilines is 2. The molecule has 1 N–H and O–H groups in total. The lowest BCUT2D eigenvalue weighted by Crippen LogP contribution is -2.20. The summed E-state index contributed by atoms with van der Waals surface area (Å²) in [5, 5.41) is 3.59. The van der Waals surface area contributed by atoms with Gasteiger partial charge in [-0.1, -0.05) is 18.7 Å². The van der Waals surface area contributed by atoms with Gasteiger partial charge in [-0.15, -0.1) is 0 Å². The summed E-state index contributed by atoms with van der Waals surface area (Å²) < 4.78 is 38.4. The highest BCUT2D eigenvalue weighted by atomic mass is 19.4. The van der Waals surface area contributed by atoms with E-state index in [-0.39, 0.29) is 5.91 Å². The van der Waals surface area contributed by atoms with Crippen LogP contribution < -0.4 is 10.2 Å². The fraction of sp³-hybridized carbons (Fsp3) is 0.143. The highest BCUT2D eigenvalue weighted by Crippen LogP contribution is 2.34. The smallest absolute Gasteiger partial charge is 0.348 e. The van der Waals surface area contributed by atoms with E-state index in [1.54, 1.807) is 24.2 Å². The molecule has 1 heterocycles. The highest BCUT2D eigenvalue weighted by Gasteiger charge is 2.30. The lowest BCUT2D eigenvalue weighted by Gasteiger charge is -2.22. The Morgan fingerprint density at radius 3 is 2.54 bits per heavy atom. The number of carbonyl (C=O) groups is 1. The third-order valence-electron chi connectivity index (χ3n) is 4.42. The second-order valence-corrected chi connectivity index (χ2v) is 6.17. The summed E-state index contributed by atoms with van der Waals surface area (Å²) in [7, 11) is 1.77. The first kappa shape index (κ1) is 19.4. The van der Waals surface area contributed by atoms with Crippen LogP contribution in [0.25, 0.3) is 10.9 Å². The van der Waals surface area contributed by atoms with Crippen molar-refractivity contribution < 1.29 is 18.0 Å².